The number of fused-ring (bicyclic) bond motifs is 3. The SMILES string of the molecule is CCOC(=O)c1cc2c(c(C(=O)OCC)c1O)[C@@H](OC)O[C@@H]1CO[C@@H](c3ccccc3)O[C@@H]21. The minimum atomic E-state index is -1.01. The fraction of sp³-hybridized carbons (Fsp3) is 0.417. The van der Waals surface area contributed by atoms with Gasteiger partial charge in [0.2, 0.25) is 0 Å². The lowest BCUT2D eigenvalue weighted by Gasteiger charge is -2.43. The molecule has 4 rings (SSSR count). The summed E-state index contributed by atoms with van der Waals surface area (Å²) in [4.78, 5) is 25.5. The van der Waals surface area contributed by atoms with E-state index in [2.05, 4.69) is 0 Å². The van der Waals surface area contributed by atoms with E-state index in [9.17, 15) is 14.7 Å². The summed E-state index contributed by atoms with van der Waals surface area (Å²) in [5.74, 6) is -2.14. The predicted molar refractivity (Wildman–Crippen MR) is 114 cm³/mol. The number of rotatable bonds is 6. The highest BCUT2D eigenvalue weighted by atomic mass is 16.7. The monoisotopic (exact) mass is 458 g/mol. The van der Waals surface area contributed by atoms with Gasteiger partial charge >= 0.3 is 11.9 Å². The van der Waals surface area contributed by atoms with Crippen LogP contribution in [-0.2, 0) is 28.4 Å². The third kappa shape index (κ3) is 4.32. The Morgan fingerprint density at radius 1 is 1.06 bits per heavy atom. The van der Waals surface area contributed by atoms with Crippen LogP contribution in [0.4, 0.5) is 0 Å². The third-order valence-electron chi connectivity index (χ3n) is 5.49. The van der Waals surface area contributed by atoms with Gasteiger partial charge in [0.15, 0.2) is 12.6 Å². The van der Waals surface area contributed by atoms with Crippen LogP contribution in [-0.4, -0.2) is 50.1 Å². The van der Waals surface area contributed by atoms with Gasteiger partial charge < -0.3 is 33.5 Å². The van der Waals surface area contributed by atoms with Crippen LogP contribution in [0.3, 0.4) is 0 Å². The van der Waals surface area contributed by atoms with Gasteiger partial charge in [-0.2, -0.15) is 0 Å². The number of methoxy groups -OCH3 is 1. The number of phenolic OH excluding ortho intramolecular Hbond substituents is 1. The van der Waals surface area contributed by atoms with Gasteiger partial charge in [-0.25, -0.2) is 9.59 Å². The number of ether oxygens (including phenoxy) is 6. The van der Waals surface area contributed by atoms with E-state index in [-0.39, 0.29) is 36.5 Å². The lowest BCUT2D eigenvalue weighted by Crippen LogP contribution is -2.42. The first kappa shape index (κ1) is 23.2. The summed E-state index contributed by atoms with van der Waals surface area (Å²) >= 11 is 0. The summed E-state index contributed by atoms with van der Waals surface area (Å²) in [5.41, 5.74) is 1.14. The molecule has 0 aliphatic carbocycles. The summed E-state index contributed by atoms with van der Waals surface area (Å²) in [7, 11) is 1.41. The normalized spacial score (nSPS) is 23.8. The van der Waals surface area contributed by atoms with E-state index in [1.165, 1.54) is 13.2 Å². The average Bonchev–Trinajstić information content (AvgIpc) is 2.83. The number of aromatic hydroxyl groups is 1. The number of phenols is 1. The smallest absolute Gasteiger partial charge is 0.342 e. The van der Waals surface area contributed by atoms with Gasteiger partial charge in [-0.3, -0.25) is 0 Å². The first-order chi connectivity index (χ1) is 16.0. The Morgan fingerprint density at radius 3 is 2.42 bits per heavy atom. The Morgan fingerprint density at radius 2 is 1.76 bits per heavy atom. The van der Waals surface area contributed by atoms with Crippen LogP contribution in [0.25, 0.3) is 0 Å². The van der Waals surface area contributed by atoms with E-state index in [1.54, 1.807) is 13.8 Å². The van der Waals surface area contributed by atoms with Crippen molar-refractivity contribution in [1.82, 2.24) is 0 Å². The Balaban J connectivity index is 1.86. The van der Waals surface area contributed by atoms with Crippen molar-refractivity contribution in [3.05, 3.63) is 64.2 Å². The second-order valence-electron chi connectivity index (χ2n) is 7.47. The van der Waals surface area contributed by atoms with Crippen LogP contribution < -0.4 is 0 Å². The first-order valence-electron chi connectivity index (χ1n) is 10.7. The van der Waals surface area contributed by atoms with Gasteiger partial charge in [0.05, 0.1) is 19.8 Å². The van der Waals surface area contributed by atoms with Gasteiger partial charge in [-0.15, -0.1) is 0 Å². The molecule has 2 aliphatic heterocycles. The van der Waals surface area contributed by atoms with E-state index >= 15 is 0 Å². The van der Waals surface area contributed by atoms with Gasteiger partial charge in [-0.1, -0.05) is 30.3 Å². The third-order valence-corrected chi connectivity index (χ3v) is 5.49. The van der Waals surface area contributed by atoms with Crippen molar-refractivity contribution in [2.24, 2.45) is 0 Å². The largest absolute Gasteiger partial charge is 0.506 e. The Bertz CT molecular complexity index is 1020. The quantitative estimate of drug-likeness (QED) is 0.650. The Kier molecular flexibility index (Phi) is 6.94. The molecule has 2 aromatic carbocycles. The highest BCUT2D eigenvalue weighted by molar-refractivity contribution is 6.01. The summed E-state index contributed by atoms with van der Waals surface area (Å²) in [6.45, 7) is 3.65. The summed E-state index contributed by atoms with van der Waals surface area (Å²) in [6.07, 6.45) is -2.97. The second-order valence-corrected chi connectivity index (χ2v) is 7.47. The molecule has 1 N–H and O–H groups in total. The van der Waals surface area contributed by atoms with Gasteiger partial charge in [0.25, 0.3) is 0 Å². The Labute approximate surface area is 191 Å². The zero-order chi connectivity index (χ0) is 23.5. The number of carbonyl (C=O) groups excluding carboxylic acids is 2. The van der Waals surface area contributed by atoms with Crippen LogP contribution >= 0.6 is 0 Å². The molecule has 1 saturated heterocycles. The molecule has 0 aromatic heterocycles. The average molecular weight is 458 g/mol. The zero-order valence-electron chi connectivity index (χ0n) is 18.6. The summed E-state index contributed by atoms with van der Waals surface area (Å²) < 4.78 is 33.9. The first-order valence-corrected chi connectivity index (χ1v) is 10.7. The van der Waals surface area contributed by atoms with Gasteiger partial charge in [0, 0.05) is 18.2 Å². The minimum absolute atomic E-state index is 0.0711. The zero-order valence-corrected chi connectivity index (χ0v) is 18.6. The van der Waals surface area contributed by atoms with Crippen molar-refractivity contribution < 1.29 is 43.1 Å². The summed E-state index contributed by atoms with van der Waals surface area (Å²) in [6, 6.07) is 10.8. The molecule has 0 spiro atoms. The summed E-state index contributed by atoms with van der Waals surface area (Å²) in [5, 5.41) is 10.9. The predicted octanol–water partition coefficient (Wildman–Crippen LogP) is 3.58. The molecule has 0 bridgehead atoms. The molecular formula is C24H26O9. The van der Waals surface area contributed by atoms with E-state index in [4.69, 9.17) is 28.4 Å². The maximum Gasteiger partial charge on any atom is 0.342 e. The molecule has 0 saturated carbocycles. The van der Waals surface area contributed by atoms with Crippen molar-refractivity contribution in [3.63, 3.8) is 0 Å². The van der Waals surface area contributed by atoms with Crippen LogP contribution in [0.5, 0.6) is 5.75 Å². The van der Waals surface area contributed by atoms with E-state index in [0.717, 1.165) is 5.56 Å². The number of hydrogen-bond acceptors (Lipinski definition) is 9. The Hall–Kier alpha value is -2.98. The van der Waals surface area contributed by atoms with Crippen LogP contribution in [0, 0.1) is 0 Å². The van der Waals surface area contributed by atoms with Crippen LogP contribution in [0.2, 0.25) is 0 Å². The molecule has 2 aliphatic rings. The van der Waals surface area contributed by atoms with E-state index in [1.807, 2.05) is 30.3 Å². The van der Waals surface area contributed by atoms with Crippen molar-refractivity contribution in [2.75, 3.05) is 26.9 Å². The number of carbonyl (C=O) groups is 2. The molecule has 0 unspecified atom stereocenters. The number of benzene rings is 2. The fourth-order valence-electron chi connectivity index (χ4n) is 4.07. The fourth-order valence-corrected chi connectivity index (χ4v) is 4.07. The molecule has 176 valence electrons. The van der Waals surface area contributed by atoms with E-state index < -0.39 is 42.5 Å². The molecule has 1 fully saturated rings. The lowest BCUT2D eigenvalue weighted by molar-refractivity contribution is -0.306. The van der Waals surface area contributed by atoms with Crippen LogP contribution in [0.15, 0.2) is 36.4 Å². The molecule has 4 atom stereocenters. The second kappa shape index (κ2) is 9.88. The molecular weight excluding hydrogens is 432 g/mol. The molecule has 2 heterocycles. The van der Waals surface area contributed by atoms with Gasteiger partial charge in [0.1, 0.15) is 29.1 Å². The van der Waals surface area contributed by atoms with E-state index in [0.29, 0.717) is 5.56 Å². The van der Waals surface area contributed by atoms with Crippen molar-refractivity contribution in [1.29, 1.82) is 0 Å². The van der Waals surface area contributed by atoms with Gasteiger partial charge in [-0.05, 0) is 25.5 Å². The highest BCUT2D eigenvalue weighted by Gasteiger charge is 2.45. The van der Waals surface area contributed by atoms with Crippen molar-refractivity contribution >= 4 is 11.9 Å². The van der Waals surface area contributed by atoms with Crippen LogP contribution in [0.1, 0.15) is 69.9 Å². The number of esters is 2. The highest BCUT2D eigenvalue weighted by Crippen LogP contribution is 2.48. The maximum atomic E-state index is 12.9. The minimum Gasteiger partial charge on any atom is -0.506 e. The molecule has 9 heteroatoms. The molecule has 2 aromatic rings. The lowest BCUT2D eigenvalue weighted by atomic mass is 9.88. The maximum absolute atomic E-state index is 12.9. The standard InChI is InChI=1S/C24H26O9/c1-4-29-21(26)15-11-14-17(18(19(15)25)22(27)30-5-2)24(28-3)32-16-12-31-23(33-20(14)16)13-9-7-6-8-10-13/h6-11,16,20,23-25H,4-5,12H2,1-3H3/t16-,20+,23-,24+/m1/s1. The molecule has 0 amide bonds. The van der Waals surface area contributed by atoms with Crippen molar-refractivity contribution in [3.8, 4) is 5.75 Å². The number of hydrogen-bond donors (Lipinski definition) is 1. The molecule has 0 radical (unpaired) electrons. The molecule has 33 heavy (non-hydrogen) atoms. The van der Waals surface area contributed by atoms with Crippen molar-refractivity contribution in [2.45, 2.75) is 38.6 Å². The molecule has 9 nitrogen and oxygen atoms in total. The topological polar surface area (TPSA) is 110 Å².